The Morgan fingerprint density at radius 2 is 1.50 bits per heavy atom. The molecule has 3 heteroatoms. The summed E-state index contributed by atoms with van der Waals surface area (Å²) in [6, 6.07) is 20.9. The molecule has 0 atom stereocenters. The van der Waals surface area contributed by atoms with Gasteiger partial charge in [0, 0.05) is 34.8 Å². The Morgan fingerprint density at radius 3 is 2.21 bits per heavy atom. The smallest absolute Gasteiger partial charge is 0.158 e. The van der Waals surface area contributed by atoms with Gasteiger partial charge < -0.3 is 9.32 Å². The van der Waals surface area contributed by atoms with E-state index in [0.29, 0.717) is 0 Å². The lowest BCUT2D eigenvalue weighted by molar-refractivity contribution is 0.568. The lowest BCUT2D eigenvalue weighted by Gasteiger charge is -2.28. The van der Waals surface area contributed by atoms with Crippen LogP contribution in [0, 0.1) is 0 Å². The van der Waals surface area contributed by atoms with Crippen LogP contribution in [0.3, 0.4) is 0 Å². The Hall–Kier alpha value is -2.00. The van der Waals surface area contributed by atoms with Gasteiger partial charge >= 0.3 is 0 Å². The molecule has 2 heterocycles. The minimum atomic E-state index is 0.939. The number of furan rings is 1. The van der Waals surface area contributed by atoms with Crippen molar-refractivity contribution in [2.75, 3.05) is 18.0 Å². The van der Waals surface area contributed by atoms with Crippen LogP contribution < -0.4 is 4.90 Å². The highest BCUT2D eigenvalue weighted by Crippen LogP contribution is 2.39. The molecule has 1 fully saturated rings. The molecule has 1 saturated heterocycles. The van der Waals surface area contributed by atoms with Crippen LogP contribution in [0.15, 0.2) is 69.6 Å². The van der Waals surface area contributed by atoms with E-state index in [9.17, 15) is 0 Å². The molecule has 0 aliphatic carbocycles. The van der Waals surface area contributed by atoms with Gasteiger partial charge in [0.15, 0.2) is 5.76 Å². The van der Waals surface area contributed by atoms with Crippen molar-refractivity contribution in [3.63, 3.8) is 0 Å². The third-order valence-electron chi connectivity index (χ3n) is 4.57. The van der Waals surface area contributed by atoms with Gasteiger partial charge in [-0.1, -0.05) is 58.4 Å². The molecule has 1 aliphatic rings. The highest BCUT2D eigenvalue weighted by Gasteiger charge is 2.21. The van der Waals surface area contributed by atoms with Gasteiger partial charge in [0.1, 0.15) is 5.76 Å². The zero-order valence-corrected chi connectivity index (χ0v) is 15.1. The Labute approximate surface area is 151 Å². The van der Waals surface area contributed by atoms with Crippen molar-refractivity contribution in [3.05, 3.63) is 65.1 Å². The molecule has 2 aromatic carbocycles. The van der Waals surface area contributed by atoms with E-state index in [1.807, 2.05) is 6.07 Å². The first kappa shape index (κ1) is 15.5. The molecule has 3 aromatic rings. The highest BCUT2D eigenvalue weighted by atomic mass is 79.9. The van der Waals surface area contributed by atoms with E-state index < -0.39 is 0 Å². The summed E-state index contributed by atoms with van der Waals surface area (Å²) < 4.78 is 7.41. The maximum Gasteiger partial charge on any atom is 0.158 e. The number of hydrogen-bond acceptors (Lipinski definition) is 2. The summed E-state index contributed by atoms with van der Waals surface area (Å²) >= 11 is 3.51. The van der Waals surface area contributed by atoms with E-state index in [1.165, 1.54) is 24.9 Å². The quantitative estimate of drug-likeness (QED) is 0.524. The summed E-state index contributed by atoms with van der Waals surface area (Å²) in [5, 5.41) is 0. The van der Waals surface area contributed by atoms with Crippen LogP contribution in [0.5, 0.6) is 0 Å². The maximum atomic E-state index is 6.32. The van der Waals surface area contributed by atoms with Crippen LogP contribution in [0.25, 0.3) is 22.6 Å². The van der Waals surface area contributed by atoms with Crippen molar-refractivity contribution in [2.24, 2.45) is 0 Å². The van der Waals surface area contributed by atoms with Gasteiger partial charge in [-0.05, 0) is 31.4 Å². The second-order valence-electron chi connectivity index (χ2n) is 6.25. The molecule has 0 N–H and O–H groups in total. The summed E-state index contributed by atoms with van der Waals surface area (Å²) in [6.45, 7) is 2.22. The van der Waals surface area contributed by atoms with Crippen molar-refractivity contribution in [3.8, 4) is 22.6 Å². The lowest BCUT2D eigenvalue weighted by atomic mass is 10.1. The molecule has 1 aromatic heterocycles. The van der Waals surface area contributed by atoms with Crippen LogP contribution in [-0.2, 0) is 0 Å². The average Bonchev–Trinajstić information content (AvgIpc) is 3.09. The lowest BCUT2D eigenvalue weighted by Crippen LogP contribution is -2.29. The number of rotatable bonds is 3. The third-order valence-corrected chi connectivity index (χ3v) is 5.10. The van der Waals surface area contributed by atoms with Crippen LogP contribution in [-0.4, -0.2) is 13.1 Å². The van der Waals surface area contributed by atoms with Gasteiger partial charge in [-0.3, -0.25) is 0 Å². The van der Waals surface area contributed by atoms with Crippen LogP contribution >= 0.6 is 15.9 Å². The van der Waals surface area contributed by atoms with Crippen LogP contribution in [0.1, 0.15) is 19.3 Å². The maximum absolute atomic E-state index is 6.32. The van der Waals surface area contributed by atoms with Gasteiger partial charge in [0.05, 0.1) is 5.69 Å². The predicted molar refractivity (Wildman–Crippen MR) is 103 cm³/mol. The topological polar surface area (TPSA) is 16.4 Å². The molecule has 0 bridgehead atoms. The first-order valence-corrected chi connectivity index (χ1v) is 9.31. The van der Waals surface area contributed by atoms with Crippen LogP contribution in [0.2, 0.25) is 0 Å². The van der Waals surface area contributed by atoms with E-state index in [0.717, 1.165) is 40.2 Å². The molecular formula is C21H20BrNO. The third kappa shape index (κ3) is 3.13. The van der Waals surface area contributed by atoms with Gasteiger partial charge in [-0.15, -0.1) is 0 Å². The summed E-state index contributed by atoms with van der Waals surface area (Å²) in [6.07, 6.45) is 3.84. The Morgan fingerprint density at radius 1 is 0.792 bits per heavy atom. The SMILES string of the molecule is Brc1ccc(-c2oc(-c3ccccc3)cc2N2CCCCC2)cc1. The summed E-state index contributed by atoms with van der Waals surface area (Å²) in [5.41, 5.74) is 3.47. The number of piperidine rings is 1. The van der Waals surface area contributed by atoms with E-state index in [2.05, 4.69) is 75.4 Å². The molecule has 0 saturated carbocycles. The molecule has 0 spiro atoms. The van der Waals surface area contributed by atoms with Gasteiger partial charge in [-0.25, -0.2) is 0 Å². The highest BCUT2D eigenvalue weighted by molar-refractivity contribution is 9.10. The van der Waals surface area contributed by atoms with E-state index >= 15 is 0 Å². The number of benzene rings is 2. The zero-order valence-electron chi connectivity index (χ0n) is 13.5. The molecule has 4 rings (SSSR count). The van der Waals surface area contributed by atoms with Crippen molar-refractivity contribution >= 4 is 21.6 Å². The minimum Gasteiger partial charge on any atom is -0.454 e. The van der Waals surface area contributed by atoms with E-state index in [1.54, 1.807) is 0 Å². The van der Waals surface area contributed by atoms with Crippen molar-refractivity contribution < 1.29 is 4.42 Å². The Kier molecular flexibility index (Phi) is 4.44. The normalized spacial score (nSPS) is 14.8. The van der Waals surface area contributed by atoms with Gasteiger partial charge in [0.25, 0.3) is 0 Å². The molecular weight excluding hydrogens is 362 g/mol. The molecule has 122 valence electrons. The van der Waals surface area contributed by atoms with E-state index in [4.69, 9.17) is 4.42 Å². The molecule has 1 aliphatic heterocycles. The van der Waals surface area contributed by atoms with Gasteiger partial charge in [-0.2, -0.15) is 0 Å². The number of hydrogen-bond donors (Lipinski definition) is 0. The molecule has 0 unspecified atom stereocenters. The monoisotopic (exact) mass is 381 g/mol. The fraction of sp³-hybridized carbons (Fsp3) is 0.238. The zero-order chi connectivity index (χ0) is 16.4. The minimum absolute atomic E-state index is 0.939. The van der Waals surface area contributed by atoms with Crippen molar-refractivity contribution in [1.29, 1.82) is 0 Å². The fourth-order valence-electron chi connectivity index (χ4n) is 3.30. The van der Waals surface area contributed by atoms with E-state index in [-0.39, 0.29) is 0 Å². The standard InChI is InChI=1S/C21H20BrNO/c22-18-11-9-17(10-12-18)21-19(23-13-5-2-6-14-23)15-20(24-21)16-7-3-1-4-8-16/h1,3-4,7-12,15H,2,5-6,13-14H2. The first-order valence-electron chi connectivity index (χ1n) is 8.51. The second-order valence-corrected chi connectivity index (χ2v) is 7.16. The number of anilines is 1. The predicted octanol–water partition coefficient (Wildman–Crippen LogP) is 6.37. The summed E-state index contributed by atoms with van der Waals surface area (Å²) in [4.78, 5) is 2.47. The average molecular weight is 382 g/mol. The van der Waals surface area contributed by atoms with Crippen molar-refractivity contribution in [1.82, 2.24) is 0 Å². The molecule has 24 heavy (non-hydrogen) atoms. The van der Waals surface area contributed by atoms with Gasteiger partial charge in [0.2, 0.25) is 0 Å². The largest absolute Gasteiger partial charge is 0.454 e. The first-order chi connectivity index (χ1) is 11.8. The summed E-state index contributed by atoms with van der Waals surface area (Å²) in [7, 11) is 0. The molecule has 0 radical (unpaired) electrons. The molecule has 0 amide bonds. The summed E-state index contributed by atoms with van der Waals surface area (Å²) in [5.74, 6) is 1.91. The molecule has 2 nitrogen and oxygen atoms in total. The number of halogens is 1. The Bertz CT molecular complexity index is 802. The Balaban J connectivity index is 1.80. The van der Waals surface area contributed by atoms with Crippen LogP contribution in [0.4, 0.5) is 5.69 Å². The van der Waals surface area contributed by atoms with Crippen molar-refractivity contribution in [2.45, 2.75) is 19.3 Å². The number of nitrogens with zero attached hydrogens (tertiary/aromatic N) is 1. The fourth-order valence-corrected chi connectivity index (χ4v) is 3.57. The second kappa shape index (κ2) is 6.86.